The molecule has 0 fully saturated rings. The van der Waals surface area contributed by atoms with Crippen molar-refractivity contribution in [3.63, 3.8) is 0 Å². The summed E-state index contributed by atoms with van der Waals surface area (Å²) < 4.78 is 0. The second-order valence-corrected chi connectivity index (χ2v) is 2.59. The lowest BCUT2D eigenvalue weighted by Gasteiger charge is -2.12. The third-order valence-corrected chi connectivity index (χ3v) is 1.81. The number of nitrogens with one attached hydrogen (secondary N) is 1. The van der Waals surface area contributed by atoms with E-state index in [-0.39, 0.29) is 6.54 Å². The van der Waals surface area contributed by atoms with Gasteiger partial charge >= 0.3 is 0 Å². The van der Waals surface area contributed by atoms with Gasteiger partial charge < -0.3 is 16.2 Å². The topological polar surface area (TPSA) is 58.3 Å². The molecule has 1 unspecified atom stereocenters. The van der Waals surface area contributed by atoms with Gasteiger partial charge in [0, 0.05) is 24.8 Å². The molecule has 66 valence electrons. The Morgan fingerprint density at radius 2 is 2.17 bits per heavy atom. The minimum atomic E-state index is -0.575. The zero-order valence-corrected chi connectivity index (χ0v) is 7.12. The van der Waals surface area contributed by atoms with Crippen molar-refractivity contribution < 1.29 is 5.11 Å². The van der Waals surface area contributed by atoms with Gasteiger partial charge in [-0.3, -0.25) is 0 Å². The van der Waals surface area contributed by atoms with Crippen molar-refractivity contribution in [1.29, 1.82) is 0 Å². The molecular formula is C9H14N2O. The minimum absolute atomic E-state index is 0.249. The molecule has 1 aromatic carbocycles. The van der Waals surface area contributed by atoms with Gasteiger partial charge in [0.2, 0.25) is 0 Å². The van der Waals surface area contributed by atoms with Gasteiger partial charge in [0.1, 0.15) is 0 Å². The first-order chi connectivity index (χ1) is 5.79. The Hall–Kier alpha value is -1.06. The summed E-state index contributed by atoms with van der Waals surface area (Å²) in [6.45, 7) is 0.249. The van der Waals surface area contributed by atoms with Gasteiger partial charge in [-0.25, -0.2) is 0 Å². The van der Waals surface area contributed by atoms with E-state index in [1.807, 2.05) is 31.3 Å². The van der Waals surface area contributed by atoms with Crippen LogP contribution in [0.25, 0.3) is 0 Å². The lowest BCUT2D eigenvalue weighted by atomic mass is 10.1. The summed E-state index contributed by atoms with van der Waals surface area (Å²) in [6, 6.07) is 7.57. The molecule has 0 radical (unpaired) electrons. The number of rotatable bonds is 3. The molecule has 3 heteroatoms. The van der Waals surface area contributed by atoms with Crippen LogP contribution in [-0.2, 0) is 0 Å². The first kappa shape index (κ1) is 9.03. The highest BCUT2D eigenvalue weighted by Crippen LogP contribution is 2.20. The Balaban J connectivity index is 2.96. The molecule has 0 aliphatic rings. The lowest BCUT2D eigenvalue weighted by Crippen LogP contribution is -2.13. The zero-order chi connectivity index (χ0) is 8.97. The number of hydrogen-bond acceptors (Lipinski definition) is 3. The Morgan fingerprint density at radius 3 is 2.75 bits per heavy atom. The van der Waals surface area contributed by atoms with E-state index in [2.05, 4.69) is 5.32 Å². The van der Waals surface area contributed by atoms with E-state index in [4.69, 9.17) is 5.73 Å². The molecule has 4 N–H and O–H groups in total. The fourth-order valence-corrected chi connectivity index (χ4v) is 1.14. The number of aliphatic hydroxyl groups excluding tert-OH is 1. The average Bonchev–Trinajstić information content (AvgIpc) is 2.16. The number of hydrogen-bond donors (Lipinski definition) is 3. The summed E-state index contributed by atoms with van der Waals surface area (Å²) in [5.41, 5.74) is 7.13. The lowest BCUT2D eigenvalue weighted by molar-refractivity contribution is 0.187. The molecule has 0 aliphatic heterocycles. The van der Waals surface area contributed by atoms with Crippen LogP contribution >= 0.6 is 0 Å². The van der Waals surface area contributed by atoms with Gasteiger partial charge in [-0.15, -0.1) is 0 Å². The number of aliphatic hydroxyl groups is 1. The molecule has 0 saturated carbocycles. The summed E-state index contributed by atoms with van der Waals surface area (Å²) in [7, 11) is 1.82. The zero-order valence-electron chi connectivity index (χ0n) is 7.12. The van der Waals surface area contributed by atoms with Crippen LogP contribution < -0.4 is 11.1 Å². The Morgan fingerprint density at radius 1 is 1.50 bits per heavy atom. The SMILES string of the molecule is CNc1ccccc1C(O)CN. The maximum atomic E-state index is 9.48. The van der Waals surface area contributed by atoms with E-state index in [1.165, 1.54) is 0 Å². The van der Waals surface area contributed by atoms with E-state index >= 15 is 0 Å². The highest BCUT2D eigenvalue weighted by Gasteiger charge is 2.07. The number of para-hydroxylation sites is 1. The van der Waals surface area contributed by atoms with Gasteiger partial charge in [0.15, 0.2) is 0 Å². The third kappa shape index (κ3) is 1.75. The van der Waals surface area contributed by atoms with Crippen molar-refractivity contribution >= 4 is 5.69 Å². The molecule has 0 heterocycles. The standard InChI is InChI=1S/C9H14N2O/c1-11-8-5-3-2-4-7(8)9(12)6-10/h2-5,9,11-12H,6,10H2,1H3. The number of benzene rings is 1. The fraction of sp³-hybridized carbons (Fsp3) is 0.333. The molecule has 12 heavy (non-hydrogen) atoms. The predicted molar refractivity (Wildman–Crippen MR) is 50.0 cm³/mol. The first-order valence-electron chi connectivity index (χ1n) is 3.94. The Labute approximate surface area is 72.2 Å². The van der Waals surface area contributed by atoms with Gasteiger partial charge in [-0.1, -0.05) is 18.2 Å². The summed E-state index contributed by atoms with van der Waals surface area (Å²) in [5.74, 6) is 0. The van der Waals surface area contributed by atoms with Crippen LogP contribution in [0.2, 0.25) is 0 Å². The summed E-state index contributed by atoms with van der Waals surface area (Å²) in [4.78, 5) is 0. The molecular weight excluding hydrogens is 152 g/mol. The van der Waals surface area contributed by atoms with Crippen LogP contribution in [0, 0.1) is 0 Å². The van der Waals surface area contributed by atoms with Crippen LogP contribution in [-0.4, -0.2) is 18.7 Å². The molecule has 0 spiro atoms. The van der Waals surface area contributed by atoms with Crippen LogP contribution in [0.3, 0.4) is 0 Å². The molecule has 1 aromatic rings. The number of anilines is 1. The monoisotopic (exact) mass is 166 g/mol. The van der Waals surface area contributed by atoms with E-state index in [9.17, 15) is 5.11 Å². The Bertz CT molecular complexity index is 250. The van der Waals surface area contributed by atoms with E-state index in [0.29, 0.717) is 0 Å². The highest BCUT2D eigenvalue weighted by atomic mass is 16.3. The third-order valence-electron chi connectivity index (χ3n) is 1.81. The molecule has 1 atom stereocenters. The second-order valence-electron chi connectivity index (χ2n) is 2.59. The largest absolute Gasteiger partial charge is 0.388 e. The van der Waals surface area contributed by atoms with Crippen molar-refractivity contribution in [3.8, 4) is 0 Å². The smallest absolute Gasteiger partial charge is 0.0932 e. The molecule has 1 rings (SSSR count). The quantitative estimate of drug-likeness (QED) is 0.620. The van der Waals surface area contributed by atoms with Crippen molar-refractivity contribution in [2.24, 2.45) is 5.73 Å². The normalized spacial score (nSPS) is 12.6. The van der Waals surface area contributed by atoms with E-state index in [1.54, 1.807) is 0 Å². The van der Waals surface area contributed by atoms with Gasteiger partial charge in [-0.2, -0.15) is 0 Å². The minimum Gasteiger partial charge on any atom is -0.388 e. The van der Waals surface area contributed by atoms with Crippen LogP contribution in [0.1, 0.15) is 11.7 Å². The van der Waals surface area contributed by atoms with Crippen molar-refractivity contribution in [2.45, 2.75) is 6.10 Å². The summed E-state index contributed by atoms with van der Waals surface area (Å²) in [6.07, 6.45) is -0.575. The maximum Gasteiger partial charge on any atom is 0.0932 e. The predicted octanol–water partition coefficient (Wildman–Crippen LogP) is 0.720. The maximum absolute atomic E-state index is 9.48. The van der Waals surface area contributed by atoms with Crippen molar-refractivity contribution in [2.75, 3.05) is 18.9 Å². The molecule has 0 saturated heterocycles. The summed E-state index contributed by atoms with van der Waals surface area (Å²) in [5, 5.41) is 12.5. The van der Waals surface area contributed by atoms with E-state index < -0.39 is 6.10 Å². The van der Waals surface area contributed by atoms with Crippen molar-refractivity contribution in [1.82, 2.24) is 0 Å². The first-order valence-corrected chi connectivity index (χ1v) is 3.94. The average molecular weight is 166 g/mol. The molecule has 0 amide bonds. The summed E-state index contributed by atoms with van der Waals surface area (Å²) >= 11 is 0. The van der Waals surface area contributed by atoms with Gasteiger partial charge in [-0.05, 0) is 6.07 Å². The molecule has 0 aliphatic carbocycles. The van der Waals surface area contributed by atoms with Gasteiger partial charge in [0.25, 0.3) is 0 Å². The van der Waals surface area contributed by atoms with Gasteiger partial charge in [0.05, 0.1) is 6.10 Å². The van der Waals surface area contributed by atoms with Crippen LogP contribution in [0.4, 0.5) is 5.69 Å². The Kier molecular flexibility index (Phi) is 3.08. The molecule has 0 bridgehead atoms. The van der Waals surface area contributed by atoms with Crippen molar-refractivity contribution in [3.05, 3.63) is 29.8 Å². The fourth-order valence-electron chi connectivity index (χ4n) is 1.14. The molecule has 0 aromatic heterocycles. The second kappa shape index (κ2) is 4.09. The van der Waals surface area contributed by atoms with E-state index in [0.717, 1.165) is 11.3 Å². The van der Waals surface area contributed by atoms with Crippen LogP contribution in [0.15, 0.2) is 24.3 Å². The molecule has 3 nitrogen and oxygen atoms in total. The van der Waals surface area contributed by atoms with Crippen LogP contribution in [0.5, 0.6) is 0 Å². The number of nitrogens with two attached hydrogens (primary N) is 1. The highest BCUT2D eigenvalue weighted by molar-refractivity contribution is 5.51.